The first-order valence-electron chi connectivity index (χ1n) is 6.14. The fourth-order valence-electron chi connectivity index (χ4n) is 1.84. The standard InChI is InChI=1S/C14H19N3O.ClH/c1-4-17(5-2)12-6-7-13(11(3)10-12)16-14(18)8-9-15;/h6-7,10H,4-5,8H2,1-3H3,(H,16,18);1H/p-1. The summed E-state index contributed by atoms with van der Waals surface area (Å²) in [6, 6.07) is 7.76. The van der Waals surface area contributed by atoms with Crippen LogP contribution in [0.1, 0.15) is 25.8 Å². The molecule has 0 fully saturated rings. The number of hydrogen-bond acceptors (Lipinski definition) is 3. The van der Waals surface area contributed by atoms with Gasteiger partial charge in [-0.15, -0.1) is 0 Å². The zero-order chi connectivity index (χ0) is 13.5. The van der Waals surface area contributed by atoms with Crippen LogP contribution in [0, 0.1) is 18.3 Å². The van der Waals surface area contributed by atoms with Gasteiger partial charge in [0, 0.05) is 24.5 Å². The van der Waals surface area contributed by atoms with Crippen LogP contribution in [0.4, 0.5) is 11.4 Å². The largest absolute Gasteiger partial charge is 1.00 e. The number of amides is 1. The summed E-state index contributed by atoms with van der Waals surface area (Å²) < 4.78 is 0. The van der Waals surface area contributed by atoms with Crippen LogP contribution in [-0.2, 0) is 4.79 Å². The molecule has 0 bridgehead atoms. The molecular formula is C14H19ClN3O-. The van der Waals surface area contributed by atoms with E-state index in [-0.39, 0.29) is 24.7 Å². The van der Waals surface area contributed by atoms with Crippen molar-refractivity contribution in [3.05, 3.63) is 23.8 Å². The Kier molecular flexibility index (Phi) is 7.62. The quantitative estimate of drug-likeness (QED) is 0.806. The summed E-state index contributed by atoms with van der Waals surface area (Å²) >= 11 is 0. The molecule has 0 aliphatic heterocycles. The number of nitrogens with one attached hydrogen (secondary N) is 1. The van der Waals surface area contributed by atoms with Gasteiger partial charge in [0.05, 0.1) is 6.07 Å². The summed E-state index contributed by atoms with van der Waals surface area (Å²) in [6.07, 6.45) is -0.114. The molecule has 4 nitrogen and oxygen atoms in total. The highest BCUT2D eigenvalue weighted by Crippen LogP contribution is 2.22. The molecule has 0 aliphatic rings. The molecule has 0 heterocycles. The molecule has 5 heteroatoms. The third kappa shape index (κ3) is 4.80. The number of nitrogens with zero attached hydrogens (tertiary/aromatic N) is 2. The van der Waals surface area contributed by atoms with Crippen LogP contribution >= 0.6 is 0 Å². The van der Waals surface area contributed by atoms with Crippen LogP contribution in [0.15, 0.2) is 18.2 Å². The molecule has 0 spiro atoms. The molecule has 0 saturated heterocycles. The number of rotatable bonds is 5. The van der Waals surface area contributed by atoms with Crippen LogP contribution in [0.5, 0.6) is 0 Å². The van der Waals surface area contributed by atoms with Gasteiger partial charge in [-0.2, -0.15) is 5.26 Å². The first-order valence-corrected chi connectivity index (χ1v) is 6.14. The van der Waals surface area contributed by atoms with Crippen molar-refractivity contribution in [1.82, 2.24) is 0 Å². The van der Waals surface area contributed by atoms with Crippen LogP contribution in [0.2, 0.25) is 0 Å². The highest BCUT2D eigenvalue weighted by molar-refractivity contribution is 5.93. The molecule has 0 unspecified atom stereocenters. The van der Waals surface area contributed by atoms with Crippen molar-refractivity contribution in [3.63, 3.8) is 0 Å². The summed E-state index contributed by atoms with van der Waals surface area (Å²) in [5.41, 5.74) is 2.92. The lowest BCUT2D eigenvalue weighted by atomic mass is 10.1. The first kappa shape index (κ1) is 17.3. The molecule has 0 aromatic heterocycles. The zero-order valence-electron chi connectivity index (χ0n) is 11.5. The Morgan fingerprint density at radius 2 is 2.00 bits per heavy atom. The van der Waals surface area contributed by atoms with E-state index in [9.17, 15) is 4.79 Å². The van der Waals surface area contributed by atoms with Gasteiger partial charge < -0.3 is 22.6 Å². The molecule has 1 aromatic carbocycles. The minimum atomic E-state index is -0.267. The lowest BCUT2D eigenvalue weighted by Gasteiger charge is -2.22. The number of carbonyl (C=O) groups is 1. The molecule has 0 saturated carbocycles. The van der Waals surface area contributed by atoms with Crippen LogP contribution in [0.25, 0.3) is 0 Å². The summed E-state index contributed by atoms with van der Waals surface area (Å²) in [7, 11) is 0. The van der Waals surface area contributed by atoms with E-state index in [2.05, 4.69) is 30.1 Å². The van der Waals surface area contributed by atoms with Crippen LogP contribution in [-0.4, -0.2) is 19.0 Å². The van der Waals surface area contributed by atoms with Gasteiger partial charge in [-0.3, -0.25) is 4.79 Å². The van der Waals surface area contributed by atoms with E-state index in [1.54, 1.807) is 0 Å². The van der Waals surface area contributed by atoms with Gasteiger partial charge in [-0.25, -0.2) is 0 Å². The van der Waals surface area contributed by atoms with Crippen molar-refractivity contribution >= 4 is 17.3 Å². The fraction of sp³-hybridized carbons (Fsp3) is 0.429. The summed E-state index contributed by atoms with van der Waals surface area (Å²) in [4.78, 5) is 13.6. The van der Waals surface area contributed by atoms with Crippen molar-refractivity contribution in [3.8, 4) is 6.07 Å². The molecule has 0 aliphatic carbocycles. The SMILES string of the molecule is CCN(CC)c1ccc(NC(=O)CC#N)c(C)c1.[Cl-]. The Bertz CT molecular complexity index is 464. The van der Waals surface area contributed by atoms with E-state index < -0.39 is 0 Å². The maximum Gasteiger partial charge on any atom is 0.238 e. The second-order valence-corrected chi connectivity index (χ2v) is 4.05. The number of halogens is 1. The summed E-state index contributed by atoms with van der Waals surface area (Å²) in [6.45, 7) is 8.09. The molecule has 19 heavy (non-hydrogen) atoms. The molecular weight excluding hydrogens is 262 g/mol. The van der Waals surface area contributed by atoms with Gasteiger partial charge in [0.2, 0.25) is 5.91 Å². The van der Waals surface area contributed by atoms with Crippen LogP contribution in [0.3, 0.4) is 0 Å². The third-order valence-corrected chi connectivity index (χ3v) is 2.85. The average Bonchev–Trinajstić information content (AvgIpc) is 2.34. The van der Waals surface area contributed by atoms with Gasteiger partial charge in [-0.05, 0) is 44.5 Å². The van der Waals surface area contributed by atoms with Gasteiger partial charge in [0.25, 0.3) is 0 Å². The lowest BCUT2D eigenvalue weighted by Crippen LogP contribution is -3.00. The predicted molar refractivity (Wildman–Crippen MR) is 73.6 cm³/mol. The zero-order valence-corrected chi connectivity index (χ0v) is 12.3. The highest BCUT2D eigenvalue weighted by Gasteiger charge is 2.07. The Labute approximate surface area is 120 Å². The van der Waals surface area contributed by atoms with Crippen LogP contribution < -0.4 is 22.6 Å². The van der Waals surface area contributed by atoms with E-state index in [0.29, 0.717) is 0 Å². The molecule has 1 rings (SSSR count). The van der Waals surface area contributed by atoms with Gasteiger partial charge in [0.1, 0.15) is 6.42 Å². The van der Waals surface area contributed by atoms with E-state index in [4.69, 9.17) is 5.26 Å². The van der Waals surface area contributed by atoms with Gasteiger partial charge >= 0.3 is 0 Å². The third-order valence-electron chi connectivity index (χ3n) is 2.85. The minimum Gasteiger partial charge on any atom is -1.00 e. The molecule has 0 radical (unpaired) electrons. The van der Waals surface area contributed by atoms with Crippen molar-refractivity contribution < 1.29 is 17.2 Å². The van der Waals surface area contributed by atoms with Gasteiger partial charge in [-0.1, -0.05) is 0 Å². The Morgan fingerprint density at radius 1 is 1.37 bits per heavy atom. The Balaban J connectivity index is 0.00000324. The number of aryl methyl sites for hydroxylation is 1. The smallest absolute Gasteiger partial charge is 0.238 e. The average molecular weight is 281 g/mol. The molecule has 1 N–H and O–H groups in total. The van der Waals surface area contributed by atoms with Crippen molar-refractivity contribution in [1.29, 1.82) is 5.26 Å². The van der Waals surface area contributed by atoms with E-state index >= 15 is 0 Å². The monoisotopic (exact) mass is 280 g/mol. The maximum absolute atomic E-state index is 11.4. The van der Waals surface area contributed by atoms with Crippen molar-refractivity contribution in [2.24, 2.45) is 0 Å². The predicted octanol–water partition coefficient (Wildman–Crippen LogP) is -0.303. The van der Waals surface area contributed by atoms with Crippen molar-refractivity contribution in [2.75, 3.05) is 23.3 Å². The molecule has 1 amide bonds. The number of anilines is 2. The second-order valence-electron chi connectivity index (χ2n) is 4.05. The normalized spacial score (nSPS) is 9.16. The summed E-state index contributed by atoms with van der Waals surface area (Å²) in [5.74, 6) is -0.267. The number of benzene rings is 1. The second kappa shape index (κ2) is 8.39. The number of hydrogen-bond donors (Lipinski definition) is 1. The van der Waals surface area contributed by atoms with Gasteiger partial charge in [0.15, 0.2) is 0 Å². The Hall–Kier alpha value is -1.73. The minimum absolute atomic E-state index is 0. The first-order chi connectivity index (χ1) is 8.62. The van der Waals surface area contributed by atoms with Crippen molar-refractivity contribution in [2.45, 2.75) is 27.2 Å². The highest BCUT2D eigenvalue weighted by atomic mass is 35.5. The number of carbonyl (C=O) groups excluding carboxylic acids is 1. The maximum atomic E-state index is 11.4. The van der Waals surface area contributed by atoms with E-state index in [1.165, 1.54) is 0 Å². The molecule has 104 valence electrons. The van der Waals surface area contributed by atoms with E-state index in [1.807, 2.05) is 25.1 Å². The molecule has 0 atom stereocenters. The Morgan fingerprint density at radius 3 is 2.47 bits per heavy atom. The lowest BCUT2D eigenvalue weighted by molar-refractivity contribution is -0.115. The van der Waals surface area contributed by atoms with E-state index in [0.717, 1.165) is 30.0 Å². The summed E-state index contributed by atoms with van der Waals surface area (Å²) in [5, 5.41) is 11.2. The topological polar surface area (TPSA) is 56.1 Å². The molecule has 1 aromatic rings. The number of nitriles is 1. The fourth-order valence-corrected chi connectivity index (χ4v) is 1.84.